The number of esters is 1. The molecule has 0 heterocycles. The monoisotopic (exact) mass is 240 g/mol. The van der Waals surface area contributed by atoms with Crippen LogP contribution in [0.3, 0.4) is 0 Å². The Morgan fingerprint density at radius 1 is 1.06 bits per heavy atom. The van der Waals surface area contributed by atoms with Crippen LogP contribution in [-0.4, -0.2) is 18.4 Å². The van der Waals surface area contributed by atoms with Crippen molar-refractivity contribution in [3.63, 3.8) is 0 Å². The molecule has 0 unspecified atom stereocenters. The van der Waals surface area contributed by atoms with Crippen molar-refractivity contribution in [3.05, 3.63) is 11.1 Å². The van der Waals surface area contributed by atoms with Gasteiger partial charge in [0.2, 0.25) is 0 Å². The van der Waals surface area contributed by atoms with E-state index in [9.17, 15) is 9.59 Å². The standard InChI is InChI=1S/C14H24O3/c1-7-8-9-17-13(16)11(3)10(2)12(15)14(4,5)6/h7-9H2,1-6H3/b11-10-. The van der Waals surface area contributed by atoms with Gasteiger partial charge in [-0.3, -0.25) is 4.79 Å². The lowest BCUT2D eigenvalue weighted by atomic mass is 9.85. The Bertz CT molecular complexity index is 319. The molecular weight excluding hydrogens is 216 g/mol. The molecule has 3 heteroatoms. The predicted octanol–water partition coefficient (Wildman–Crippen LogP) is 3.28. The van der Waals surface area contributed by atoms with Crippen LogP contribution in [0.15, 0.2) is 11.1 Å². The van der Waals surface area contributed by atoms with E-state index in [0.29, 0.717) is 17.8 Å². The van der Waals surface area contributed by atoms with E-state index in [1.54, 1.807) is 13.8 Å². The summed E-state index contributed by atoms with van der Waals surface area (Å²) in [4.78, 5) is 23.6. The molecule has 0 aromatic heterocycles. The first-order chi connectivity index (χ1) is 7.71. The molecule has 0 aliphatic heterocycles. The van der Waals surface area contributed by atoms with Gasteiger partial charge in [-0.2, -0.15) is 0 Å². The molecule has 0 spiro atoms. The van der Waals surface area contributed by atoms with Gasteiger partial charge in [0, 0.05) is 16.6 Å². The third-order valence-corrected chi connectivity index (χ3v) is 2.62. The number of rotatable bonds is 5. The first kappa shape index (κ1) is 15.9. The fourth-order valence-electron chi connectivity index (χ4n) is 1.30. The summed E-state index contributed by atoms with van der Waals surface area (Å²) in [7, 11) is 0. The highest BCUT2D eigenvalue weighted by Crippen LogP contribution is 2.22. The van der Waals surface area contributed by atoms with Crippen LogP contribution >= 0.6 is 0 Å². The van der Waals surface area contributed by atoms with E-state index in [1.165, 1.54) is 0 Å². The molecule has 0 rings (SSSR count). The lowest BCUT2D eigenvalue weighted by Gasteiger charge is -2.18. The molecule has 0 saturated heterocycles. The third-order valence-electron chi connectivity index (χ3n) is 2.62. The number of allylic oxidation sites excluding steroid dienone is 1. The van der Waals surface area contributed by atoms with E-state index in [2.05, 4.69) is 0 Å². The fraction of sp³-hybridized carbons (Fsp3) is 0.714. The molecule has 0 aliphatic rings. The van der Waals surface area contributed by atoms with E-state index in [4.69, 9.17) is 4.74 Å². The zero-order valence-electron chi connectivity index (χ0n) is 11.8. The van der Waals surface area contributed by atoms with Gasteiger partial charge in [0.15, 0.2) is 5.78 Å². The molecule has 0 saturated carbocycles. The van der Waals surface area contributed by atoms with Crippen molar-refractivity contribution >= 4 is 11.8 Å². The van der Waals surface area contributed by atoms with Crippen LogP contribution in [0, 0.1) is 5.41 Å². The summed E-state index contributed by atoms with van der Waals surface area (Å²) in [6.45, 7) is 11.3. The minimum atomic E-state index is -0.463. The SMILES string of the molecule is CCCCOC(=O)/C(C)=C(/C)C(=O)C(C)(C)C. The second kappa shape index (κ2) is 6.58. The lowest BCUT2D eigenvalue weighted by molar-refractivity contribution is -0.139. The summed E-state index contributed by atoms with van der Waals surface area (Å²) in [6.07, 6.45) is 1.83. The van der Waals surface area contributed by atoms with Gasteiger partial charge in [0.1, 0.15) is 0 Å². The van der Waals surface area contributed by atoms with E-state index >= 15 is 0 Å². The van der Waals surface area contributed by atoms with Crippen molar-refractivity contribution in [1.29, 1.82) is 0 Å². The largest absolute Gasteiger partial charge is 0.462 e. The zero-order valence-corrected chi connectivity index (χ0v) is 11.8. The highest BCUT2D eigenvalue weighted by Gasteiger charge is 2.25. The molecule has 0 radical (unpaired) electrons. The Balaban J connectivity index is 4.69. The Kier molecular flexibility index (Phi) is 6.14. The lowest BCUT2D eigenvalue weighted by Crippen LogP contribution is -2.23. The number of ketones is 1. The van der Waals surface area contributed by atoms with Crippen molar-refractivity contribution in [2.75, 3.05) is 6.61 Å². The minimum Gasteiger partial charge on any atom is -0.462 e. The third kappa shape index (κ3) is 5.16. The average Bonchev–Trinajstić information content (AvgIpc) is 2.25. The normalized spacial score (nSPS) is 13.1. The van der Waals surface area contributed by atoms with Gasteiger partial charge in [-0.1, -0.05) is 34.1 Å². The first-order valence-corrected chi connectivity index (χ1v) is 6.11. The van der Waals surface area contributed by atoms with Crippen molar-refractivity contribution in [3.8, 4) is 0 Å². The van der Waals surface area contributed by atoms with Crippen LogP contribution in [0.5, 0.6) is 0 Å². The molecule has 0 atom stereocenters. The Morgan fingerprint density at radius 3 is 2.00 bits per heavy atom. The maximum absolute atomic E-state index is 12.0. The van der Waals surface area contributed by atoms with Gasteiger partial charge in [0.05, 0.1) is 6.61 Å². The molecule has 0 fully saturated rings. The number of carbonyl (C=O) groups is 2. The van der Waals surface area contributed by atoms with Crippen LogP contribution in [0.25, 0.3) is 0 Å². The van der Waals surface area contributed by atoms with Gasteiger partial charge >= 0.3 is 5.97 Å². The molecule has 0 aromatic rings. The quantitative estimate of drug-likeness (QED) is 0.421. The topological polar surface area (TPSA) is 43.4 Å². The molecule has 0 aliphatic carbocycles. The summed E-state index contributed by atoms with van der Waals surface area (Å²) in [5.41, 5.74) is 0.453. The molecule has 98 valence electrons. The van der Waals surface area contributed by atoms with E-state index in [-0.39, 0.29) is 11.8 Å². The second-order valence-corrected chi connectivity index (χ2v) is 5.32. The fourth-order valence-corrected chi connectivity index (χ4v) is 1.30. The number of ether oxygens (including phenoxy) is 1. The van der Waals surface area contributed by atoms with Crippen molar-refractivity contribution in [2.24, 2.45) is 5.41 Å². The number of unbranched alkanes of at least 4 members (excludes halogenated alkanes) is 1. The zero-order chi connectivity index (χ0) is 13.6. The molecular formula is C14H24O3. The van der Waals surface area contributed by atoms with E-state index in [1.807, 2.05) is 27.7 Å². The van der Waals surface area contributed by atoms with Crippen LogP contribution in [0.2, 0.25) is 0 Å². The number of Topliss-reactive ketones (excluding diaryl/α,β-unsaturated/α-hetero) is 1. The second-order valence-electron chi connectivity index (χ2n) is 5.32. The molecule has 0 N–H and O–H groups in total. The summed E-state index contributed by atoms with van der Waals surface area (Å²) >= 11 is 0. The van der Waals surface area contributed by atoms with Crippen LogP contribution in [0.4, 0.5) is 0 Å². The maximum Gasteiger partial charge on any atom is 0.334 e. The summed E-state index contributed by atoms with van der Waals surface area (Å²) in [6, 6.07) is 0. The number of hydrogen-bond acceptors (Lipinski definition) is 3. The molecule has 0 aromatic carbocycles. The average molecular weight is 240 g/mol. The Morgan fingerprint density at radius 2 is 1.59 bits per heavy atom. The van der Waals surface area contributed by atoms with Crippen molar-refractivity contribution in [2.45, 2.75) is 54.4 Å². The van der Waals surface area contributed by atoms with Crippen LogP contribution < -0.4 is 0 Å². The van der Waals surface area contributed by atoms with E-state index in [0.717, 1.165) is 12.8 Å². The highest BCUT2D eigenvalue weighted by molar-refractivity contribution is 6.05. The van der Waals surface area contributed by atoms with Gasteiger partial charge in [-0.25, -0.2) is 4.79 Å². The first-order valence-electron chi connectivity index (χ1n) is 6.11. The van der Waals surface area contributed by atoms with Crippen molar-refractivity contribution < 1.29 is 14.3 Å². The van der Waals surface area contributed by atoms with Gasteiger partial charge in [-0.05, 0) is 20.3 Å². The Labute approximate surface area is 104 Å². The summed E-state index contributed by atoms with van der Waals surface area (Å²) < 4.78 is 5.08. The smallest absolute Gasteiger partial charge is 0.334 e. The molecule has 3 nitrogen and oxygen atoms in total. The summed E-state index contributed by atoms with van der Waals surface area (Å²) in [5, 5.41) is 0. The van der Waals surface area contributed by atoms with Gasteiger partial charge in [0.25, 0.3) is 0 Å². The van der Waals surface area contributed by atoms with Crippen LogP contribution in [0.1, 0.15) is 54.4 Å². The number of hydrogen-bond donors (Lipinski definition) is 0. The predicted molar refractivity (Wildman–Crippen MR) is 68.7 cm³/mol. The van der Waals surface area contributed by atoms with Gasteiger partial charge in [-0.15, -0.1) is 0 Å². The highest BCUT2D eigenvalue weighted by atomic mass is 16.5. The molecule has 0 amide bonds. The minimum absolute atomic E-state index is 0.0116. The molecule has 0 bridgehead atoms. The van der Waals surface area contributed by atoms with Gasteiger partial charge < -0.3 is 4.74 Å². The molecule has 17 heavy (non-hydrogen) atoms. The maximum atomic E-state index is 12.0. The Hall–Kier alpha value is -1.12. The van der Waals surface area contributed by atoms with Crippen molar-refractivity contribution in [1.82, 2.24) is 0 Å². The number of carbonyl (C=O) groups excluding carboxylic acids is 2. The summed E-state index contributed by atoms with van der Waals surface area (Å²) in [5.74, 6) is -0.393. The van der Waals surface area contributed by atoms with E-state index < -0.39 is 5.41 Å². The van der Waals surface area contributed by atoms with Crippen LogP contribution in [-0.2, 0) is 14.3 Å².